The van der Waals surface area contributed by atoms with E-state index in [1.807, 2.05) is 36.9 Å². The van der Waals surface area contributed by atoms with Crippen LogP contribution in [0.1, 0.15) is 25.8 Å². The van der Waals surface area contributed by atoms with Crippen molar-refractivity contribution in [2.75, 3.05) is 34.4 Å². The number of methoxy groups -OCH3 is 1. The molecule has 0 saturated carbocycles. The zero-order valence-corrected chi connectivity index (χ0v) is 16.0. The van der Waals surface area contributed by atoms with Crippen LogP contribution in [0.2, 0.25) is 0 Å². The zero-order valence-electron chi connectivity index (χ0n) is 16.0. The van der Waals surface area contributed by atoms with Crippen molar-refractivity contribution in [2.45, 2.75) is 32.2 Å². The van der Waals surface area contributed by atoms with Crippen molar-refractivity contribution in [2.24, 2.45) is 11.8 Å². The second kappa shape index (κ2) is 8.00. The molecule has 0 aromatic heterocycles. The molecule has 1 aliphatic heterocycles. The lowest BCUT2D eigenvalue weighted by atomic mass is 9.85. The molecule has 1 heterocycles. The molecule has 5 nitrogen and oxygen atoms in total. The van der Waals surface area contributed by atoms with Crippen molar-refractivity contribution in [1.82, 2.24) is 9.80 Å². The molecule has 0 unspecified atom stereocenters. The Morgan fingerprint density at radius 3 is 2.44 bits per heavy atom. The van der Waals surface area contributed by atoms with Gasteiger partial charge in [-0.25, -0.2) is 0 Å². The summed E-state index contributed by atoms with van der Waals surface area (Å²) in [5, 5.41) is 0. The lowest BCUT2D eigenvalue weighted by Crippen LogP contribution is -2.53. The van der Waals surface area contributed by atoms with E-state index in [1.54, 1.807) is 26.1 Å². The molecule has 2 rings (SSSR count). The van der Waals surface area contributed by atoms with E-state index in [0.29, 0.717) is 26.0 Å². The van der Waals surface area contributed by atoms with Gasteiger partial charge in [-0.05, 0) is 18.4 Å². The minimum Gasteiger partial charge on any atom is -0.382 e. The Bertz CT molecular complexity index is 600. The van der Waals surface area contributed by atoms with E-state index in [0.717, 1.165) is 5.56 Å². The molecule has 0 spiro atoms. The smallest absolute Gasteiger partial charge is 0.227 e. The van der Waals surface area contributed by atoms with Gasteiger partial charge < -0.3 is 14.5 Å². The number of carbonyl (C=O) groups excluding carboxylic acids is 2. The van der Waals surface area contributed by atoms with Crippen LogP contribution in [0, 0.1) is 11.8 Å². The second-order valence-electron chi connectivity index (χ2n) is 7.56. The van der Waals surface area contributed by atoms with Gasteiger partial charge in [-0.2, -0.15) is 0 Å². The molecular weight excluding hydrogens is 316 g/mol. The van der Waals surface area contributed by atoms with Crippen LogP contribution in [0.15, 0.2) is 30.3 Å². The fraction of sp³-hybridized carbons (Fsp3) is 0.600. The average Bonchev–Trinajstić information content (AvgIpc) is 2.93. The Balaban J connectivity index is 2.39. The van der Waals surface area contributed by atoms with Gasteiger partial charge in [-0.3, -0.25) is 9.59 Å². The SMILES string of the molecule is COC[C@@]1(Cc2ccccc2)C[C@H](C(=O)N(C)C)CN1C(=O)C(C)C. The van der Waals surface area contributed by atoms with Crippen molar-refractivity contribution in [3.05, 3.63) is 35.9 Å². The molecule has 2 atom stereocenters. The first-order chi connectivity index (χ1) is 11.8. The van der Waals surface area contributed by atoms with Gasteiger partial charge in [0.05, 0.1) is 18.1 Å². The van der Waals surface area contributed by atoms with Gasteiger partial charge in [0.2, 0.25) is 11.8 Å². The van der Waals surface area contributed by atoms with E-state index in [-0.39, 0.29) is 23.7 Å². The molecule has 0 N–H and O–H groups in total. The van der Waals surface area contributed by atoms with Gasteiger partial charge in [-0.1, -0.05) is 44.2 Å². The summed E-state index contributed by atoms with van der Waals surface area (Å²) < 4.78 is 5.53. The summed E-state index contributed by atoms with van der Waals surface area (Å²) in [5.74, 6) is -0.133. The largest absolute Gasteiger partial charge is 0.382 e. The first-order valence-corrected chi connectivity index (χ1v) is 8.86. The number of hydrogen-bond donors (Lipinski definition) is 0. The minimum atomic E-state index is -0.478. The second-order valence-corrected chi connectivity index (χ2v) is 7.56. The summed E-state index contributed by atoms with van der Waals surface area (Å²) in [6.07, 6.45) is 1.32. The van der Waals surface area contributed by atoms with Crippen LogP contribution in [0.4, 0.5) is 0 Å². The third-order valence-corrected chi connectivity index (χ3v) is 4.94. The van der Waals surface area contributed by atoms with Crippen LogP contribution in [0.3, 0.4) is 0 Å². The first-order valence-electron chi connectivity index (χ1n) is 8.86. The van der Waals surface area contributed by atoms with Gasteiger partial charge in [-0.15, -0.1) is 0 Å². The van der Waals surface area contributed by atoms with Gasteiger partial charge in [0.25, 0.3) is 0 Å². The maximum absolute atomic E-state index is 12.9. The normalized spacial score (nSPS) is 23.1. The molecule has 0 radical (unpaired) electrons. The molecule has 1 aromatic carbocycles. The molecular formula is C20H30N2O3. The lowest BCUT2D eigenvalue weighted by Gasteiger charge is -2.39. The van der Waals surface area contributed by atoms with Crippen LogP contribution >= 0.6 is 0 Å². The number of hydrogen-bond acceptors (Lipinski definition) is 3. The number of carbonyl (C=O) groups is 2. The molecule has 5 heteroatoms. The molecule has 1 aliphatic rings. The third-order valence-electron chi connectivity index (χ3n) is 4.94. The van der Waals surface area contributed by atoms with Crippen molar-refractivity contribution < 1.29 is 14.3 Å². The van der Waals surface area contributed by atoms with E-state index in [4.69, 9.17) is 4.74 Å². The van der Waals surface area contributed by atoms with Crippen molar-refractivity contribution in [1.29, 1.82) is 0 Å². The topological polar surface area (TPSA) is 49.9 Å². The molecule has 1 fully saturated rings. The van der Waals surface area contributed by atoms with Crippen LogP contribution < -0.4 is 0 Å². The molecule has 138 valence electrons. The van der Waals surface area contributed by atoms with Gasteiger partial charge in [0.1, 0.15) is 0 Å². The highest BCUT2D eigenvalue weighted by Gasteiger charge is 2.50. The molecule has 0 bridgehead atoms. The maximum Gasteiger partial charge on any atom is 0.227 e. The predicted octanol–water partition coefficient (Wildman–Crippen LogP) is 2.21. The summed E-state index contributed by atoms with van der Waals surface area (Å²) >= 11 is 0. The Hall–Kier alpha value is -1.88. The lowest BCUT2D eigenvalue weighted by molar-refractivity contribution is -0.140. The summed E-state index contributed by atoms with van der Waals surface area (Å²) in [6, 6.07) is 10.1. The number of nitrogens with zero attached hydrogens (tertiary/aromatic N) is 2. The number of likely N-dealkylation sites (tertiary alicyclic amines) is 1. The fourth-order valence-corrected chi connectivity index (χ4v) is 3.81. The summed E-state index contributed by atoms with van der Waals surface area (Å²) in [5.41, 5.74) is 0.674. The zero-order chi connectivity index (χ0) is 18.6. The number of rotatable bonds is 6. The minimum absolute atomic E-state index is 0.0765. The van der Waals surface area contributed by atoms with Crippen LogP contribution in [-0.4, -0.2) is 61.5 Å². The fourth-order valence-electron chi connectivity index (χ4n) is 3.81. The molecule has 1 saturated heterocycles. The van der Waals surface area contributed by atoms with E-state index in [1.165, 1.54) is 0 Å². The van der Waals surface area contributed by atoms with Crippen LogP contribution in [0.25, 0.3) is 0 Å². The van der Waals surface area contributed by atoms with Crippen molar-refractivity contribution in [3.63, 3.8) is 0 Å². The standard InChI is InChI=1S/C20H30N2O3/c1-15(2)18(23)22-13-17(19(24)21(3)4)12-20(22,14-25-5)11-16-9-7-6-8-10-16/h6-10,15,17H,11-14H2,1-5H3/t17-,20+/m0/s1. The number of ether oxygens (including phenoxy) is 1. The Morgan fingerprint density at radius 2 is 1.92 bits per heavy atom. The number of amides is 2. The Labute approximate surface area is 150 Å². The summed E-state index contributed by atoms with van der Waals surface area (Å²) in [4.78, 5) is 29.0. The van der Waals surface area contributed by atoms with E-state index < -0.39 is 5.54 Å². The monoisotopic (exact) mass is 346 g/mol. The van der Waals surface area contributed by atoms with Gasteiger partial charge >= 0.3 is 0 Å². The summed E-state index contributed by atoms with van der Waals surface area (Å²) in [6.45, 7) is 4.70. The molecule has 25 heavy (non-hydrogen) atoms. The van der Waals surface area contributed by atoms with Gasteiger partial charge in [0.15, 0.2) is 0 Å². The van der Waals surface area contributed by atoms with Crippen LogP contribution in [0.5, 0.6) is 0 Å². The third kappa shape index (κ3) is 4.21. The average molecular weight is 346 g/mol. The Morgan fingerprint density at radius 1 is 1.28 bits per heavy atom. The maximum atomic E-state index is 12.9. The molecule has 1 aromatic rings. The van der Waals surface area contributed by atoms with E-state index in [2.05, 4.69) is 12.1 Å². The molecule has 2 amide bonds. The highest BCUT2D eigenvalue weighted by Crippen LogP contribution is 2.38. The van der Waals surface area contributed by atoms with E-state index in [9.17, 15) is 9.59 Å². The highest BCUT2D eigenvalue weighted by atomic mass is 16.5. The quantitative estimate of drug-likeness (QED) is 0.793. The predicted molar refractivity (Wildman–Crippen MR) is 98.1 cm³/mol. The van der Waals surface area contributed by atoms with E-state index >= 15 is 0 Å². The first kappa shape index (κ1) is 19.4. The summed E-state index contributed by atoms with van der Waals surface area (Å²) in [7, 11) is 5.20. The van der Waals surface area contributed by atoms with Gasteiger partial charge in [0, 0.05) is 33.7 Å². The highest BCUT2D eigenvalue weighted by molar-refractivity contribution is 5.83. The van der Waals surface area contributed by atoms with Crippen molar-refractivity contribution >= 4 is 11.8 Å². The van der Waals surface area contributed by atoms with Crippen LogP contribution in [-0.2, 0) is 20.7 Å². The van der Waals surface area contributed by atoms with Crippen molar-refractivity contribution in [3.8, 4) is 0 Å². The molecule has 0 aliphatic carbocycles. The number of benzene rings is 1. The Kier molecular flexibility index (Phi) is 6.22.